The van der Waals surface area contributed by atoms with E-state index >= 15 is 0 Å². The van der Waals surface area contributed by atoms with Gasteiger partial charge in [0.05, 0.1) is 0 Å². The summed E-state index contributed by atoms with van der Waals surface area (Å²) >= 11 is 0. The first-order valence-electron chi connectivity index (χ1n) is 4.45. The normalized spacial score (nSPS) is 9.53. The SMILES string of the molecule is C#Cc1ccnc(N)n1.c1cc2ccc1-2. The number of anilines is 1. The average Bonchev–Trinajstić information content (AvgIpc) is 2.24. The second-order valence-electron chi connectivity index (χ2n) is 3.02. The van der Waals surface area contributed by atoms with Gasteiger partial charge in [-0.2, -0.15) is 0 Å². The maximum Gasteiger partial charge on any atom is 0.221 e. The molecule has 1 heterocycles. The van der Waals surface area contributed by atoms with Crippen LogP contribution in [0.3, 0.4) is 0 Å². The molecule has 0 spiro atoms. The summed E-state index contributed by atoms with van der Waals surface area (Å²) in [4.78, 5) is 7.38. The molecule has 3 rings (SSSR count). The van der Waals surface area contributed by atoms with Crippen molar-refractivity contribution in [2.75, 3.05) is 5.73 Å². The van der Waals surface area contributed by atoms with Gasteiger partial charge in [0.2, 0.25) is 5.95 Å². The highest BCUT2D eigenvalue weighted by Crippen LogP contribution is 2.29. The quantitative estimate of drug-likeness (QED) is 0.555. The van der Waals surface area contributed by atoms with E-state index in [9.17, 15) is 0 Å². The lowest BCUT2D eigenvalue weighted by molar-refractivity contribution is 1.17. The molecule has 0 atom stereocenters. The largest absolute Gasteiger partial charge is 0.368 e. The van der Waals surface area contributed by atoms with Crippen molar-refractivity contribution < 1.29 is 0 Å². The number of hydrogen-bond acceptors (Lipinski definition) is 3. The van der Waals surface area contributed by atoms with Gasteiger partial charge < -0.3 is 5.73 Å². The maximum atomic E-state index is 5.22. The minimum absolute atomic E-state index is 0.213. The monoisotopic (exact) mass is 195 g/mol. The van der Waals surface area contributed by atoms with Crippen molar-refractivity contribution in [2.45, 2.75) is 0 Å². The number of benzene rings is 1. The van der Waals surface area contributed by atoms with Gasteiger partial charge in [-0.25, -0.2) is 9.97 Å². The third-order valence-electron chi connectivity index (χ3n) is 2.04. The Bertz CT molecular complexity index is 488. The van der Waals surface area contributed by atoms with Crippen molar-refractivity contribution in [1.29, 1.82) is 0 Å². The Kier molecular flexibility index (Phi) is 2.34. The zero-order chi connectivity index (χ0) is 10.7. The number of aromatic nitrogens is 2. The summed E-state index contributed by atoms with van der Waals surface area (Å²) in [6, 6.07) is 10.1. The van der Waals surface area contributed by atoms with Gasteiger partial charge in [0, 0.05) is 6.20 Å². The minimum Gasteiger partial charge on any atom is -0.368 e. The fourth-order valence-corrected chi connectivity index (χ4v) is 1.12. The van der Waals surface area contributed by atoms with E-state index in [2.05, 4.69) is 40.2 Å². The van der Waals surface area contributed by atoms with E-state index in [0.29, 0.717) is 5.69 Å². The topological polar surface area (TPSA) is 51.8 Å². The summed E-state index contributed by atoms with van der Waals surface area (Å²) in [5.41, 5.74) is 8.58. The Morgan fingerprint density at radius 1 is 1.07 bits per heavy atom. The Morgan fingerprint density at radius 3 is 1.93 bits per heavy atom. The van der Waals surface area contributed by atoms with Crippen molar-refractivity contribution in [1.82, 2.24) is 9.97 Å². The van der Waals surface area contributed by atoms with Gasteiger partial charge in [-0.15, -0.1) is 6.42 Å². The highest BCUT2D eigenvalue weighted by molar-refractivity contribution is 5.75. The second-order valence-corrected chi connectivity index (χ2v) is 3.02. The number of rotatable bonds is 0. The molecule has 1 aromatic rings. The molecular weight excluding hydrogens is 186 g/mol. The van der Waals surface area contributed by atoms with Crippen LogP contribution in [0.25, 0.3) is 11.1 Å². The summed E-state index contributed by atoms with van der Waals surface area (Å²) in [6.45, 7) is 0. The summed E-state index contributed by atoms with van der Waals surface area (Å²) in [7, 11) is 0. The van der Waals surface area contributed by atoms with Crippen molar-refractivity contribution in [2.24, 2.45) is 0 Å². The van der Waals surface area contributed by atoms with Crippen LogP contribution >= 0.6 is 0 Å². The molecule has 0 unspecified atom stereocenters. The number of fused-ring (bicyclic) bond motifs is 1. The van der Waals surface area contributed by atoms with Crippen LogP contribution < -0.4 is 5.73 Å². The lowest BCUT2D eigenvalue weighted by atomic mass is 9.95. The predicted molar refractivity (Wildman–Crippen MR) is 59.8 cm³/mol. The highest BCUT2D eigenvalue weighted by Gasteiger charge is 2.03. The second kappa shape index (κ2) is 3.81. The van der Waals surface area contributed by atoms with E-state index < -0.39 is 0 Å². The summed E-state index contributed by atoms with van der Waals surface area (Å²) in [5, 5.41) is 0. The third-order valence-corrected chi connectivity index (χ3v) is 2.04. The van der Waals surface area contributed by atoms with E-state index in [4.69, 9.17) is 12.2 Å². The first-order valence-corrected chi connectivity index (χ1v) is 4.45. The zero-order valence-electron chi connectivity index (χ0n) is 8.01. The Labute approximate surface area is 88.0 Å². The molecule has 2 aliphatic carbocycles. The average molecular weight is 195 g/mol. The van der Waals surface area contributed by atoms with Crippen LogP contribution in [0.15, 0.2) is 36.5 Å². The fourth-order valence-electron chi connectivity index (χ4n) is 1.12. The molecule has 3 nitrogen and oxygen atoms in total. The van der Waals surface area contributed by atoms with E-state index in [0.717, 1.165) is 0 Å². The highest BCUT2D eigenvalue weighted by atomic mass is 15.0. The molecule has 72 valence electrons. The van der Waals surface area contributed by atoms with Crippen LogP contribution in [-0.4, -0.2) is 9.97 Å². The standard InChI is InChI=1S/C6H5N3.C6H4/c1-2-5-3-4-8-6(7)9-5;1-2-6-4-3-5(1)6/h1,3-4H,(H2,7,8,9);1-4H. The molecule has 2 aliphatic rings. The van der Waals surface area contributed by atoms with Gasteiger partial charge in [-0.1, -0.05) is 30.2 Å². The summed E-state index contributed by atoms with van der Waals surface area (Å²) in [5.74, 6) is 2.55. The van der Waals surface area contributed by atoms with E-state index in [1.165, 1.54) is 17.3 Å². The Morgan fingerprint density at radius 2 is 1.67 bits per heavy atom. The van der Waals surface area contributed by atoms with E-state index in [-0.39, 0.29) is 5.95 Å². The van der Waals surface area contributed by atoms with Gasteiger partial charge in [0.15, 0.2) is 0 Å². The zero-order valence-corrected chi connectivity index (χ0v) is 8.01. The molecule has 2 N–H and O–H groups in total. The van der Waals surface area contributed by atoms with E-state index in [1.54, 1.807) is 6.07 Å². The van der Waals surface area contributed by atoms with Gasteiger partial charge >= 0.3 is 0 Å². The maximum absolute atomic E-state index is 5.22. The molecule has 1 aromatic heterocycles. The van der Waals surface area contributed by atoms with Crippen LogP contribution in [-0.2, 0) is 0 Å². The van der Waals surface area contributed by atoms with Gasteiger partial charge in [0.1, 0.15) is 5.69 Å². The molecule has 0 amide bonds. The minimum atomic E-state index is 0.213. The summed E-state index contributed by atoms with van der Waals surface area (Å²) in [6.07, 6.45) is 6.55. The van der Waals surface area contributed by atoms with Gasteiger partial charge in [-0.05, 0) is 17.2 Å². The van der Waals surface area contributed by atoms with Crippen molar-refractivity contribution in [3.8, 4) is 23.5 Å². The number of terminal acetylenes is 1. The Balaban J connectivity index is 0.000000121. The smallest absolute Gasteiger partial charge is 0.221 e. The molecule has 0 radical (unpaired) electrons. The third kappa shape index (κ3) is 1.94. The predicted octanol–water partition coefficient (Wildman–Crippen LogP) is 1.71. The molecular formula is C12H9N3. The Hall–Kier alpha value is -2.34. The molecule has 0 saturated heterocycles. The lowest BCUT2D eigenvalue weighted by Crippen LogP contribution is -1.94. The molecule has 0 fully saturated rings. The molecule has 15 heavy (non-hydrogen) atoms. The van der Waals surface area contributed by atoms with Crippen LogP contribution in [0.5, 0.6) is 0 Å². The molecule has 0 aliphatic heterocycles. The lowest BCUT2D eigenvalue weighted by Gasteiger charge is -2.10. The van der Waals surface area contributed by atoms with Crippen LogP contribution in [0.1, 0.15) is 5.69 Å². The van der Waals surface area contributed by atoms with Crippen LogP contribution in [0.4, 0.5) is 5.95 Å². The molecule has 0 saturated carbocycles. The number of nitrogens with two attached hydrogens (primary N) is 1. The summed E-state index contributed by atoms with van der Waals surface area (Å²) < 4.78 is 0. The molecule has 3 heteroatoms. The van der Waals surface area contributed by atoms with Crippen LogP contribution in [0, 0.1) is 12.3 Å². The van der Waals surface area contributed by atoms with Crippen molar-refractivity contribution >= 4 is 5.95 Å². The first-order chi connectivity index (χ1) is 7.29. The number of nitrogen functional groups attached to an aromatic ring is 1. The van der Waals surface area contributed by atoms with Crippen molar-refractivity contribution in [3.63, 3.8) is 0 Å². The molecule has 0 bridgehead atoms. The van der Waals surface area contributed by atoms with Gasteiger partial charge in [0.25, 0.3) is 0 Å². The first kappa shape index (κ1) is 9.22. The fraction of sp³-hybridized carbons (Fsp3) is 0. The van der Waals surface area contributed by atoms with E-state index in [1.807, 2.05) is 0 Å². The molecule has 0 aromatic carbocycles. The van der Waals surface area contributed by atoms with Gasteiger partial charge in [-0.3, -0.25) is 0 Å². The number of nitrogens with zero attached hydrogens (tertiary/aromatic N) is 2. The van der Waals surface area contributed by atoms with Crippen LogP contribution in [0.2, 0.25) is 0 Å². The number of hydrogen-bond donors (Lipinski definition) is 1. The van der Waals surface area contributed by atoms with Crippen molar-refractivity contribution in [3.05, 3.63) is 42.2 Å².